The normalized spacial score (nSPS) is 34.0. The summed E-state index contributed by atoms with van der Waals surface area (Å²) < 4.78 is 27.3. The molecule has 0 aromatic carbocycles. The maximum Gasteiger partial charge on any atom is 0.330 e. The summed E-state index contributed by atoms with van der Waals surface area (Å²) in [6, 6.07) is 0. The fourth-order valence-corrected chi connectivity index (χ4v) is 2.58. The Morgan fingerprint density at radius 3 is 2.64 bits per heavy atom. The molecule has 7 nitrogen and oxygen atoms in total. The molecule has 2 aliphatic rings. The van der Waals surface area contributed by atoms with Gasteiger partial charge in [-0.15, -0.1) is 0 Å². The number of esters is 1. The Hall–Kier alpha value is -1.25. The van der Waals surface area contributed by atoms with Gasteiger partial charge in [-0.05, 0) is 19.4 Å². The zero-order valence-electron chi connectivity index (χ0n) is 13.0. The third-order valence-electron chi connectivity index (χ3n) is 3.58. The highest BCUT2D eigenvalue weighted by Gasteiger charge is 2.57. The van der Waals surface area contributed by atoms with E-state index in [1.807, 2.05) is 0 Å². The van der Waals surface area contributed by atoms with Gasteiger partial charge in [-0.2, -0.15) is 0 Å². The van der Waals surface area contributed by atoms with Crippen LogP contribution in [0.25, 0.3) is 0 Å². The molecule has 0 spiro atoms. The van der Waals surface area contributed by atoms with Crippen molar-refractivity contribution in [1.29, 1.82) is 0 Å². The van der Waals surface area contributed by atoms with E-state index in [1.165, 1.54) is 7.11 Å². The first kappa shape index (κ1) is 17.1. The first-order valence-electron chi connectivity index (χ1n) is 6.98. The van der Waals surface area contributed by atoms with Gasteiger partial charge in [-0.3, -0.25) is 0 Å². The Labute approximate surface area is 129 Å². The molecule has 7 heteroatoms. The summed E-state index contributed by atoms with van der Waals surface area (Å²) in [6.45, 7) is 10.5. The standard InChI is InChI=1S/C15H22O7/c1-6-9(16)19-7-8(2)10(17)11-12-13(14(18-5)20-11)22-15(3,4)21-12/h6,10-14,17H,1-2,7H2,3-5H3/t10-,11+,12-,13-,14-/m0/s1. The molecular weight excluding hydrogens is 292 g/mol. The number of hydrogen-bond acceptors (Lipinski definition) is 7. The zero-order valence-corrected chi connectivity index (χ0v) is 13.0. The zero-order chi connectivity index (χ0) is 16.5. The van der Waals surface area contributed by atoms with Crippen molar-refractivity contribution in [2.24, 2.45) is 0 Å². The van der Waals surface area contributed by atoms with E-state index < -0.39 is 42.5 Å². The minimum Gasteiger partial charge on any atom is -0.458 e. The van der Waals surface area contributed by atoms with Crippen molar-refractivity contribution in [3.63, 3.8) is 0 Å². The van der Waals surface area contributed by atoms with Crippen molar-refractivity contribution in [2.45, 2.75) is 50.3 Å². The van der Waals surface area contributed by atoms with Crippen LogP contribution in [0.2, 0.25) is 0 Å². The van der Waals surface area contributed by atoms with Crippen LogP contribution in [0.3, 0.4) is 0 Å². The molecule has 2 heterocycles. The first-order chi connectivity index (χ1) is 10.3. The van der Waals surface area contributed by atoms with Crippen molar-refractivity contribution >= 4 is 5.97 Å². The third kappa shape index (κ3) is 3.39. The van der Waals surface area contributed by atoms with E-state index in [4.69, 9.17) is 23.7 Å². The predicted octanol–water partition coefficient (Wildman–Crippen LogP) is 0.524. The van der Waals surface area contributed by atoms with Crippen molar-refractivity contribution in [3.8, 4) is 0 Å². The molecule has 0 bridgehead atoms. The van der Waals surface area contributed by atoms with Gasteiger partial charge in [0.2, 0.25) is 0 Å². The number of carbonyl (C=O) groups is 1. The van der Waals surface area contributed by atoms with E-state index >= 15 is 0 Å². The molecule has 0 radical (unpaired) electrons. The van der Waals surface area contributed by atoms with E-state index in [2.05, 4.69) is 13.2 Å². The molecule has 0 aromatic heterocycles. The second-order valence-electron chi connectivity index (χ2n) is 5.68. The molecule has 0 unspecified atom stereocenters. The van der Waals surface area contributed by atoms with E-state index in [1.54, 1.807) is 13.8 Å². The largest absolute Gasteiger partial charge is 0.458 e. The topological polar surface area (TPSA) is 83.5 Å². The highest BCUT2D eigenvalue weighted by molar-refractivity contribution is 5.81. The highest BCUT2D eigenvalue weighted by atomic mass is 16.8. The average molecular weight is 314 g/mol. The molecule has 5 atom stereocenters. The number of ether oxygens (including phenoxy) is 5. The molecule has 2 rings (SSSR count). The molecule has 2 fully saturated rings. The molecular formula is C15H22O7. The lowest BCUT2D eigenvalue weighted by atomic mass is 10.0. The molecule has 124 valence electrons. The second-order valence-corrected chi connectivity index (χ2v) is 5.68. The van der Waals surface area contributed by atoms with Crippen LogP contribution in [0, 0.1) is 0 Å². The van der Waals surface area contributed by atoms with Crippen LogP contribution in [-0.2, 0) is 28.5 Å². The summed E-state index contributed by atoms with van der Waals surface area (Å²) in [5.41, 5.74) is 0.295. The van der Waals surface area contributed by atoms with Gasteiger partial charge in [0.05, 0.1) is 0 Å². The van der Waals surface area contributed by atoms with Gasteiger partial charge in [0.15, 0.2) is 12.1 Å². The number of hydrogen-bond donors (Lipinski definition) is 1. The van der Waals surface area contributed by atoms with Crippen LogP contribution in [0.5, 0.6) is 0 Å². The Kier molecular flexibility index (Phi) is 5.03. The summed E-state index contributed by atoms with van der Waals surface area (Å²) >= 11 is 0. The lowest BCUT2D eigenvalue weighted by Crippen LogP contribution is -2.40. The highest BCUT2D eigenvalue weighted by Crippen LogP contribution is 2.40. The summed E-state index contributed by atoms with van der Waals surface area (Å²) in [7, 11) is 1.49. The van der Waals surface area contributed by atoms with Gasteiger partial charge in [-0.25, -0.2) is 4.79 Å². The maximum absolute atomic E-state index is 11.1. The van der Waals surface area contributed by atoms with Crippen LogP contribution in [-0.4, -0.2) is 61.3 Å². The molecule has 0 amide bonds. The fourth-order valence-electron chi connectivity index (χ4n) is 2.58. The Balaban J connectivity index is 2.03. The predicted molar refractivity (Wildman–Crippen MR) is 75.8 cm³/mol. The molecule has 22 heavy (non-hydrogen) atoms. The number of carbonyl (C=O) groups excluding carboxylic acids is 1. The number of rotatable bonds is 6. The van der Waals surface area contributed by atoms with Gasteiger partial charge in [0.25, 0.3) is 0 Å². The lowest BCUT2D eigenvalue weighted by Gasteiger charge is -2.26. The molecule has 0 saturated carbocycles. The van der Waals surface area contributed by atoms with Crippen LogP contribution in [0.15, 0.2) is 24.8 Å². The number of aliphatic hydroxyl groups is 1. The van der Waals surface area contributed by atoms with Gasteiger partial charge in [0.1, 0.15) is 31.0 Å². The van der Waals surface area contributed by atoms with E-state index in [9.17, 15) is 9.90 Å². The molecule has 1 N–H and O–H groups in total. The SMILES string of the molecule is C=CC(=O)OCC(=C)[C@H](O)[C@H]1O[C@H](OC)[C@H]2OC(C)(C)O[C@H]21. The Morgan fingerprint density at radius 1 is 1.41 bits per heavy atom. The van der Waals surface area contributed by atoms with Crippen molar-refractivity contribution < 1.29 is 33.6 Å². The van der Waals surface area contributed by atoms with Gasteiger partial charge in [0, 0.05) is 13.2 Å². The van der Waals surface area contributed by atoms with E-state index in [0.717, 1.165) is 6.08 Å². The van der Waals surface area contributed by atoms with Crippen LogP contribution in [0.4, 0.5) is 0 Å². The molecule has 0 aliphatic carbocycles. The minimum absolute atomic E-state index is 0.134. The summed E-state index contributed by atoms with van der Waals surface area (Å²) in [5, 5.41) is 10.4. The summed E-state index contributed by atoms with van der Waals surface area (Å²) in [6.07, 6.45) is -2.34. The monoisotopic (exact) mass is 314 g/mol. The van der Waals surface area contributed by atoms with Crippen LogP contribution >= 0.6 is 0 Å². The number of fused-ring (bicyclic) bond motifs is 1. The minimum atomic E-state index is -1.08. The smallest absolute Gasteiger partial charge is 0.330 e. The number of methoxy groups -OCH3 is 1. The van der Waals surface area contributed by atoms with Gasteiger partial charge < -0.3 is 28.8 Å². The maximum atomic E-state index is 11.1. The van der Waals surface area contributed by atoms with Crippen molar-refractivity contribution in [1.82, 2.24) is 0 Å². The van der Waals surface area contributed by atoms with E-state index in [0.29, 0.717) is 5.57 Å². The Bertz CT molecular complexity index is 459. The average Bonchev–Trinajstić information content (AvgIpc) is 2.96. The van der Waals surface area contributed by atoms with Gasteiger partial charge in [-0.1, -0.05) is 13.2 Å². The van der Waals surface area contributed by atoms with Crippen LogP contribution in [0.1, 0.15) is 13.8 Å². The lowest BCUT2D eigenvalue weighted by molar-refractivity contribution is -0.235. The summed E-state index contributed by atoms with van der Waals surface area (Å²) in [5.74, 6) is -1.38. The van der Waals surface area contributed by atoms with Crippen molar-refractivity contribution in [2.75, 3.05) is 13.7 Å². The fraction of sp³-hybridized carbons (Fsp3) is 0.667. The first-order valence-corrected chi connectivity index (χ1v) is 6.98. The van der Waals surface area contributed by atoms with Crippen molar-refractivity contribution in [3.05, 3.63) is 24.8 Å². The molecule has 2 saturated heterocycles. The van der Waals surface area contributed by atoms with Gasteiger partial charge >= 0.3 is 5.97 Å². The quantitative estimate of drug-likeness (QED) is 0.435. The van der Waals surface area contributed by atoms with Crippen LogP contribution < -0.4 is 0 Å². The molecule has 2 aliphatic heterocycles. The number of aliphatic hydroxyl groups excluding tert-OH is 1. The summed E-state index contributed by atoms with van der Waals surface area (Å²) in [4.78, 5) is 11.1. The second kappa shape index (κ2) is 6.47. The third-order valence-corrected chi connectivity index (χ3v) is 3.58. The van der Waals surface area contributed by atoms with E-state index in [-0.39, 0.29) is 6.61 Å². The Morgan fingerprint density at radius 2 is 2.05 bits per heavy atom. The molecule has 0 aromatic rings.